The fourth-order valence-electron chi connectivity index (χ4n) is 1.34. The molecule has 0 heterocycles. The molecule has 0 aromatic carbocycles. The number of Topliss-reactive ketones (excluding diaryl/α,β-unsaturated/α-hetero) is 1. The first-order valence-electron chi connectivity index (χ1n) is 6.36. The van der Waals surface area contributed by atoms with Crippen LogP contribution in [-0.2, 0) is 9.59 Å². The summed E-state index contributed by atoms with van der Waals surface area (Å²) in [4.78, 5) is 24.7. The van der Waals surface area contributed by atoms with E-state index in [9.17, 15) is 9.59 Å². The average Bonchev–Trinajstić information content (AvgIpc) is 2.34. The second-order valence-corrected chi connectivity index (χ2v) is 5.28. The van der Waals surface area contributed by atoms with Gasteiger partial charge >= 0.3 is 0 Å². The van der Waals surface area contributed by atoms with Crippen LogP contribution in [0.1, 0.15) is 27.2 Å². The zero-order valence-electron chi connectivity index (χ0n) is 11.8. The number of hydrogen-bond acceptors (Lipinski definition) is 3. The fraction of sp³-hybridized carbons (Fsp3) is 0.714. The van der Waals surface area contributed by atoms with Crippen LogP contribution in [0.4, 0.5) is 0 Å². The van der Waals surface area contributed by atoms with Crippen LogP contribution in [0.2, 0.25) is 0 Å². The van der Waals surface area contributed by atoms with Crippen LogP contribution in [0.3, 0.4) is 0 Å². The molecule has 1 atom stereocenters. The molecule has 0 amide bonds. The van der Waals surface area contributed by atoms with E-state index in [1.54, 1.807) is 6.08 Å². The smallest absolute Gasteiger partial charge is 0.157 e. The summed E-state index contributed by atoms with van der Waals surface area (Å²) in [5.74, 6) is 0.386. The summed E-state index contributed by atoms with van der Waals surface area (Å²) in [7, 11) is 1.97. The molecule has 0 N–H and O–H groups in total. The zero-order valence-corrected chi connectivity index (χ0v) is 12.5. The number of likely N-dealkylation sites (N-methyl/N-ethyl adjacent to an activating group) is 1. The molecule has 4 heteroatoms. The standard InChI is InChI=1S/C14H24ClNO2/c1-11(2)13(17)6-5-8-16(4)9-7-12(3)14(18)10-15/h5-6,11-12H,7-10H2,1-4H3/b6-5+. The molecule has 0 aromatic rings. The third-order valence-corrected chi connectivity index (χ3v) is 3.16. The molecule has 0 radical (unpaired) electrons. The molecule has 0 aliphatic carbocycles. The Morgan fingerprint density at radius 1 is 1.28 bits per heavy atom. The van der Waals surface area contributed by atoms with Crippen LogP contribution >= 0.6 is 11.6 Å². The van der Waals surface area contributed by atoms with Crippen LogP contribution in [-0.4, -0.2) is 42.5 Å². The molecule has 18 heavy (non-hydrogen) atoms. The van der Waals surface area contributed by atoms with Gasteiger partial charge in [0.05, 0.1) is 5.88 Å². The van der Waals surface area contributed by atoms with Crippen molar-refractivity contribution in [3.8, 4) is 0 Å². The van der Waals surface area contributed by atoms with E-state index in [1.165, 1.54) is 0 Å². The number of rotatable bonds is 9. The highest BCUT2D eigenvalue weighted by Gasteiger charge is 2.11. The van der Waals surface area contributed by atoms with Gasteiger partial charge in [-0.2, -0.15) is 0 Å². The Morgan fingerprint density at radius 3 is 2.39 bits per heavy atom. The van der Waals surface area contributed by atoms with E-state index in [1.807, 2.05) is 33.9 Å². The Balaban J connectivity index is 3.88. The van der Waals surface area contributed by atoms with Gasteiger partial charge in [-0.25, -0.2) is 0 Å². The van der Waals surface area contributed by atoms with Gasteiger partial charge in [-0.3, -0.25) is 9.59 Å². The van der Waals surface area contributed by atoms with Crippen molar-refractivity contribution in [3.05, 3.63) is 12.2 Å². The first kappa shape index (κ1) is 17.3. The van der Waals surface area contributed by atoms with E-state index in [2.05, 4.69) is 4.90 Å². The monoisotopic (exact) mass is 273 g/mol. The van der Waals surface area contributed by atoms with Gasteiger partial charge in [-0.05, 0) is 26.1 Å². The third-order valence-electron chi connectivity index (χ3n) is 2.89. The molecule has 0 aromatic heterocycles. The van der Waals surface area contributed by atoms with Gasteiger partial charge in [-0.1, -0.05) is 26.8 Å². The lowest BCUT2D eigenvalue weighted by Gasteiger charge is -2.16. The van der Waals surface area contributed by atoms with Gasteiger partial charge in [0.1, 0.15) is 5.78 Å². The number of carbonyl (C=O) groups is 2. The van der Waals surface area contributed by atoms with Crippen molar-refractivity contribution >= 4 is 23.2 Å². The van der Waals surface area contributed by atoms with E-state index in [-0.39, 0.29) is 29.3 Å². The van der Waals surface area contributed by atoms with E-state index in [4.69, 9.17) is 11.6 Å². The van der Waals surface area contributed by atoms with Crippen LogP contribution in [0, 0.1) is 11.8 Å². The van der Waals surface area contributed by atoms with Crippen molar-refractivity contribution in [2.24, 2.45) is 11.8 Å². The summed E-state index contributed by atoms with van der Waals surface area (Å²) in [6.45, 7) is 7.21. The van der Waals surface area contributed by atoms with Crippen LogP contribution in [0.15, 0.2) is 12.2 Å². The minimum atomic E-state index is 0.00576. The number of nitrogens with zero attached hydrogens (tertiary/aromatic N) is 1. The quantitative estimate of drug-likeness (QED) is 0.479. The molecular formula is C14H24ClNO2. The van der Waals surface area contributed by atoms with Crippen molar-refractivity contribution in [2.75, 3.05) is 26.0 Å². The number of ketones is 2. The summed E-state index contributed by atoms with van der Waals surface area (Å²) >= 11 is 5.50. The molecule has 0 bridgehead atoms. The highest BCUT2D eigenvalue weighted by Crippen LogP contribution is 2.05. The van der Waals surface area contributed by atoms with E-state index < -0.39 is 0 Å². The molecule has 0 fully saturated rings. The Kier molecular flexibility index (Phi) is 8.94. The second kappa shape index (κ2) is 9.29. The lowest BCUT2D eigenvalue weighted by molar-refractivity contribution is -0.120. The molecular weight excluding hydrogens is 250 g/mol. The maximum Gasteiger partial charge on any atom is 0.157 e. The van der Waals surface area contributed by atoms with Gasteiger partial charge in [0.25, 0.3) is 0 Å². The molecule has 0 spiro atoms. The fourth-order valence-corrected chi connectivity index (χ4v) is 1.60. The minimum absolute atomic E-state index is 0.00576. The molecule has 0 saturated carbocycles. The highest BCUT2D eigenvalue weighted by atomic mass is 35.5. The topological polar surface area (TPSA) is 37.4 Å². The summed E-state index contributed by atoms with van der Waals surface area (Å²) in [5.41, 5.74) is 0. The van der Waals surface area contributed by atoms with E-state index in [0.717, 1.165) is 19.5 Å². The predicted molar refractivity (Wildman–Crippen MR) is 76.0 cm³/mol. The van der Waals surface area contributed by atoms with Gasteiger partial charge in [-0.15, -0.1) is 11.6 Å². The Bertz CT molecular complexity index is 300. The maximum absolute atomic E-state index is 11.4. The largest absolute Gasteiger partial charge is 0.303 e. The Morgan fingerprint density at radius 2 is 1.89 bits per heavy atom. The molecule has 0 aliphatic rings. The Labute approximate surface area is 115 Å². The van der Waals surface area contributed by atoms with Gasteiger partial charge in [0.15, 0.2) is 5.78 Å². The lowest BCUT2D eigenvalue weighted by atomic mass is 10.0. The van der Waals surface area contributed by atoms with Crippen molar-refractivity contribution in [1.29, 1.82) is 0 Å². The van der Waals surface area contributed by atoms with Crippen LogP contribution < -0.4 is 0 Å². The summed E-state index contributed by atoms with van der Waals surface area (Å²) < 4.78 is 0. The normalized spacial score (nSPS) is 13.5. The summed E-state index contributed by atoms with van der Waals surface area (Å²) in [6, 6.07) is 0. The number of carbonyl (C=O) groups excluding carboxylic acids is 2. The van der Waals surface area contributed by atoms with Crippen molar-refractivity contribution in [1.82, 2.24) is 4.90 Å². The molecule has 104 valence electrons. The van der Waals surface area contributed by atoms with Crippen molar-refractivity contribution in [2.45, 2.75) is 27.2 Å². The van der Waals surface area contributed by atoms with Crippen molar-refractivity contribution in [3.63, 3.8) is 0 Å². The van der Waals surface area contributed by atoms with Crippen LogP contribution in [0.25, 0.3) is 0 Å². The van der Waals surface area contributed by atoms with Gasteiger partial charge < -0.3 is 4.90 Å². The lowest BCUT2D eigenvalue weighted by Crippen LogP contribution is -2.24. The number of allylic oxidation sites excluding steroid dienone is 1. The van der Waals surface area contributed by atoms with Gasteiger partial charge in [0.2, 0.25) is 0 Å². The van der Waals surface area contributed by atoms with Crippen LogP contribution in [0.5, 0.6) is 0 Å². The van der Waals surface area contributed by atoms with Gasteiger partial charge in [0, 0.05) is 18.4 Å². The first-order chi connectivity index (χ1) is 8.38. The van der Waals surface area contributed by atoms with E-state index >= 15 is 0 Å². The minimum Gasteiger partial charge on any atom is -0.303 e. The Hall–Kier alpha value is -0.670. The second-order valence-electron chi connectivity index (χ2n) is 5.01. The molecule has 0 aliphatic heterocycles. The zero-order chi connectivity index (χ0) is 14.1. The molecule has 3 nitrogen and oxygen atoms in total. The summed E-state index contributed by atoms with van der Waals surface area (Å²) in [5, 5.41) is 0. The predicted octanol–water partition coefficient (Wildman–Crippen LogP) is 2.53. The average molecular weight is 274 g/mol. The first-order valence-corrected chi connectivity index (χ1v) is 6.89. The highest BCUT2D eigenvalue weighted by molar-refractivity contribution is 6.27. The molecule has 1 unspecified atom stereocenters. The maximum atomic E-state index is 11.4. The third kappa shape index (κ3) is 7.62. The number of hydrogen-bond donors (Lipinski definition) is 0. The van der Waals surface area contributed by atoms with E-state index in [0.29, 0.717) is 0 Å². The summed E-state index contributed by atoms with van der Waals surface area (Å²) in [6.07, 6.45) is 4.30. The number of alkyl halides is 1. The van der Waals surface area contributed by atoms with Crippen molar-refractivity contribution < 1.29 is 9.59 Å². The molecule has 0 rings (SSSR count). The molecule has 0 saturated heterocycles. The SMILES string of the molecule is CC(C)C(=O)/C=C/CN(C)CCC(C)C(=O)CCl. The number of halogens is 1.